The van der Waals surface area contributed by atoms with E-state index in [1.54, 1.807) is 7.11 Å². The fourth-order valence-corrected chi connectivity index (χ4v) is 2.34. The van der Waals surface area contributed by atoms with Gasteiger partial charge in [0, 0.05) is 30.8 Å². The van der Waals surface area contributed by atoms with Gasteiger partial charge in [-0.1, -0.05) is 55.0 Å². The zero-order valence-corrected chi connectivity index (χ0v) is 14.0. The minimum absolute atomic E-state index is 0.324. The lowest BCUT2D eigenvalue weighted by molar-refractivity contribution is 0.185. The number of hydrogen-bond donors (Lipinski definition) is 2. The van der Waals surface area contributed by atoms with Gasteiger partial charge in [0.05, 0.1) is 6.61 Å². The summed E-state index contributed by atoms with van der Waals surface area (Å²) in [7, 11) is 1.68. The second kappa shape index (κ2) is 8.34. The Morgan fingerprint density at radius 1 is 1.17 bits per heavy atom. The van der Waals surface area contributed by atoms with Gasteiger partial charge in [0.2, 0.25) is 0 Å². The number of ether oxygens (including phenoxy) is 1. The lowest BCUT2D eigenvalue weighted by Gasteiger charge is -2.13. The molecule has 2 rings (SSSR count). The minimum Gasteiger partial charge on any atom is -0.380 e. The van der Waals surface area contributed by atoms with Gasteiger partial charge in [-0.25, -0.2) is 0 Å². The van der Waals surface area contributed by atoms with Crippen molar-refractivity contribution < 1.29 is 4.74 Å². The third-order valence-electron chi connectivity index (χ3n) is 3.76. The van der Waals surface area contributed by atoms with E-state index in [1.165, 1.54) is 11.1 Å². The number of guanidine groups is 1. The average molecular weight is 311 g/mol. The van der Waals surface area contributed by atoms with Crippen molar-refractivity contribution >= 4 is 11.6 Å². The first kappa shape index (κ1) is 17.0. The number of hydrogen-bond acceptors (Lipinski definition) is 2. The lowest BCUT2D eigenvalue weighted by Crippen LogP contribution is -2.24. The molecule has 4 heteroatoms. The Morgan fingerprint density at radius 2 is 1.87 bits per heavy atom. The molecule has 1 atom stereocenters. The van der Waals surface area contributed by atoms with E-state index in [9.17, 15) is 0 Å². The van der Waals surface area contributed by atoms with Crippen LogP contribution in [0.3, 0.4) is 0 Å². The van der Waals surface area contributed by atoms with E-state index in [-0.39, 0.29) is 0 Å². The van der Waals surface area contributed by atoms with E-state index in [0.717, 1.165) is 11.3 Å². The highest BCUT2D eigenvalue weighted by Gasteiger charge is 2.06. The Labute approximate surface area is 138 Å². The number of nitrogens with two attached hydrogens (primary N) is 1. The molecule has 0 aliphatic carbocycles. The number of para-hydroxylation sites is 1. The third kappa shape index (κ3) is 5.11. The maximum Gasteiger partial charge on any atom is 0.193 e. The number of aryl methyl sites for hydroxylation is 1. The molecule has 0 spiro atoms. The van der Waals surface area contributed by atoms with Crippen molar-refractivity contribution in [3.63, 3.8) is 0 Å². The molecule has 2 aromatic carbocycles. The summed E-state index contributed by atoms with van der Waals surface area (Å²) in [5.74, 6) is 0.748. The molecule has 0 bridgehead atoms. The number of nitrogens with one attached hydrogen (secondary N) is 1. The first-order valence-electron chi connectivity index (χ1n) is 7.80. The van der Waals surface area contributed by atoms with Crippen molar-refractivity contribution in [3.05, 3.63) is 65.2 Å². The molecular formula is C19H25N3O. The molecular weight excluding hydrogens is 286 g/mol. The number of benzene rings is 2. The molecule has 0 fully saturated rings. The van der Waals surface area contributed by atoms with Crippen LogP contribution in [0.15, 0.2) is 53.5 Å². The second-order valence-corrected chi connectivity index (χ2v) is 5.75. The van der Waals surface area contributed by atoms with Gasteiger partial charge in [-0.3, -0.25) is 4.99 Å². The quantitative estimate of drug-likeness (QED) is 0.632. The van der Waals surface area contributed by atoms with E-state index in [4.69, 9.17) is 10.5 Å². The molecule has 0 amide bonds. The molecule has 4 nitrogen and oxygen atoms in total. The zero-order chi connectivity index (χ0) is 16.7. The van der Waals surface area contributed by atoms with Crippen molar-refractivity contribution in [2.45, 2.75) is 26.4 Å². The molecule has 122 valence electrons. The normalized spacial score (nSPS) is 12.9. The molecule has 0 aliphatic heterocycles. The standard InChI is InChI=1S/C19H25N3O/c1-14-8-10-16(11-9-14)15(2)12-21-19(20)22-18-7-5-4-6-17(18)13-23-3/h4-11,15H,12-13H2,1-3H3,(H3,20,21,22). The average Bonchev–Trinajstić information content (AvgIpc) is 2.55. The molecule has 3 N–H and O–H groups in total. The predicted molar refractivity (Wildman–Crippen MR) is 96.9 cm³/mol. The topological polar surface area (TPSA) is 59.6 Å². The Balaban J connectivity index is 1.99. The third-order valence-corrected chi connectivity index (χ3v) is 3.76. The van der Waals surface area contributed by atoms with Crippen molar-refractivity contribution in [3.8, 4) is 0 Å². The van der Waals surface area contributed by atoms with E-state index >= 15 is 0 Å². The highest BCUT2D eigenvalue weighted by molar-refractivity contribution is 5.93. The van der Waals surface area contributed by atoms with E-state index in [2.05, 4.69) is 48.4 Å². The smallest absolute Gasteiger partial charge is 0.193 e. The van der Waals surface area contributed by atoms with Crippen LogP contribution in [0.25, 0.3) is 0 Å². The van der Waals surface area contributed by atoms with Crippen LogP contribution < -0.4 is 11.1 Å². The summed E-state index contributed by atoms with van der Waals surface area (Å²) in [4.78, 5) is 4.46. The van der Waals surface area contributed by atoms with E-state index in [0.29, 0.717) is 25.0 Å². The van der Waals surface area contributed by atoms with Gasteiger partial charge in [-0.2, -0.15) is 0 Å². The Morgan fingerprint density at radius 3 is 2.57 bits per heavy atom. The molecule has 0 aliphatic rings. The summed E-state index contributed by atoms with van der Waals surface area (Å²) in [6, 6.07) is 16.5. The van der Waals surface area contributed by atoms with Gasteiger partial charge in [0.1, 0.15) is 0 Å². The van der Waals surface area contributed by atoms with Gasteiger partial charge < -0.3 is 15.8 Å². The minimum atomic E-state index is 0.324. The van der Waals surface area contributed by atoms with Crippen LogP contribution >= 0.6 is 0 Å². The highest BCUT2D eigenvalue weighted by Crippen LogP contribution is 2.17. The Hall–Kier alpha value is -2.33. The molecule has 0 heterocycles. The summed E-state index contributed by atoms with van der Waals surface area (Å²) in [6.07, 6.45) is 0. The summed E-state index contributed by atoms with van der Waals surface area (Å²) >= 11 is 0. The number of anilines is 1. The summed E-state index contributed by atoms with van der Waals surface area (Å²) in [5, 5.41) is 3.16. The molecule has 1 unspecified atom stereocenters. The van der Waals surface area contributed by atoms with Crippen LogP contribution in [0.5, 0.6) is 0 Å². The predicted octanol–water partition coefficient (Wildman–Crippen LogP) is 3.67. The largest absolute Gasteiger partial charge is 0.380 e. The number of nitrogens with zero attached hydrogens (tertiary/aromatic N) is 1. The second-order valence-electron chi connectivity index (χ2n) is 5.75. The van der Waals surface area contributed by atoms with Crippen LogP contribution in [0.1, 0.15) is 29.5 Å². The molecule has 23 heavy (non-hydrogen) atoms. The van der Waals surface area contributed by atoms with Crippen LogP contribution in [-0.4, -0.2) is 19.6 Å². The Kier molecular flexibility index (Phi) is 6.18. The lowest BCUT2D eigenvalue weighted by atomic mass is 10.0. The van der Waals surface area contributed by atoms with Crippen molar-refractivity contribution in [1.82, 2.24) is 0 Å². The highest BCUT2D eigenvalue weighted by atomic mass is 16.5. The number of rotatable bonds is 6. The Bertz CT molecular complexity index is 650. The molecule has 0 saturated heterocycles. The van der Waals surface area contributed by atoms with Crippen LogP contribution in [0.2, 0.25) is 0 Å². The molecule has 0 aromatic heterocycles. The van der Waals surface area contributed by atoms with Gasteiger partial charge in [-0.05, 0) is 18.6 Å². The number of methoxy groups -OCH3 is 1. The van der Waals surface area contributed by atoms with Gasteiger partial charge in [-0.15, -0.1) is 0 Å². The van der Waals surface area contributed by atoms with Crippen LogP contribution in [0, 0.1) is 6.92 Å². The molecule has 0 radical (unpaired) electrons. The first-order valence-corrected chi connectivity index (χ1v) is 7.80. The fourth-order valence-electron chi connectivity index (χ4n) is 2.34. The summed E-state index contributed by atoms with van der Waals surface area (Å²) in [5.41, 5.74) is 10.5. The van der Waals surface area contributed by atoms with E-state index < -0.39 is 0 Å². The fraction of sp³-hybridized carbons (Fsp3) is 0.316. The van der Waals surface area contributed by atoms with E-state index in [1.807, 2.05) is 24.3 Å². The molecule has 2 aromatic rings. The van der Waals surface area contributed by atoms with Crippen molar-refractivity contribution in [2.75, 3.05) is 19.0 Å². The van der Waals surface area contributed by atoms with Gasteiger partial charge in [0.25, 0.3) is 0 Å². The monoisotopic (exact) mass is 311 g/mol. The van der Waals surface area contributed by atoms with Gasteiger partial charge >= 0.3 is 0 Å². The summed E-state index contributed by atoms with van der Waals surface area (Å²) in [6.45, 7) is 5.43. The number of aliphatic imine (C=N–C) groups is 1. The van der Waals surface area contributed by atoms with Crippen LogP contribution in [-0.2, 0) is 11.3 Å². The van der Waals surface area contributed by atoms with Crippen molar-refractivity contribution in [1.29, 1.82) is 0 Å². The molecule has 0 saturated carbocycles. The van der Waals surface area contributed by atoms with Crippen molar-refractivity contribution in [2.24, 2.45) is 10.7 Å². The summed E-state index contributed by atoms with van der Waals surface area (Å²) < 4.78 is 5.20. The maximum atomic E-state index is 6.02. The first-order chi connectivity index (χ1) is 11.1. The van der Waals surface area contributed by atoms with Gasteiger partial charge in [0.15, 0.2) is 5.96 Å². The maximum absolute atomic E-state index is 6.02. The zero-order valence-electron chi connectivity index (χ0n) is 14.0. The van der Waals surface area contributed by atoms with Crippen LogP contribution in [0.4, 0.5) is 5.69 Å². The SMILES string of the molecule is COCc1ccccc1NC(N)=NCC(C)c1ccc(C)cc1.